The highest BCUT2D eigenvalue weighted by atomic mass is 19.1. The second kappa shape index (κ2) is 9.61. The molecule has 3 aromatic rings. The van der Waals surface area contributed by atoms with Crippen LogP contribution in [0.15, 0.2) is 49.4 Å². The first-order valence-corrected chi connectivity index (χ1v) is 10.5. The Bertz CT molecular complexity index is 1260. The highest BCUT2D eigenvalue weighted by molar-refractivity contribution is 6.01. The van der Waals surface area contributed by atoms with Crippen molar-refractivity contribution in [3.8, 4) is 22.9 Å². The number of hydrogen-bond acceptors (Lipinski definition) is 8. The number of halogens is 1. The summed E-state index contributed by atoms with van der Waals surface area (Å²) in [5.74, 6) is -1.31. The standard InChI is InChI=1S/C23H22FN7O3/c1-3-18(32)30-8-10-31(11-9-30)22(33)20-19(21(25)28-13-27-20)15-4-5-17(16(24)12-15)34-23-26-7-6-14(2)29-23/h3-7,12-13H,1,8-11H2,2H3,(H2,25,27,28). The Balaban J connectivity index is 1.59. The van der Waals surface area contributed by atoms with Gasteiger partial charge in [0.1, 0.15) is 17.8 Å². The Labute approximate surface area is 194 Å². The van der Waals surface area contributed by atoms with Crippen LogP contribution in [0.1, 0.15) is 16.2 Å². The molecule has 174 valence electrons. The highest BCUT2D eigenvalue weighted by Gasteiger charge is 2.28. The fourth-order valence-corrected chi connectivity index (χ4v) is 3.57. The molecule has 1 fully saturated rings. The molecule has 0 bridgehead atoms. The number of ether oxygens (including phenoxy) is 1. The first kappa shape index (κ1) is 22.8. The van der Waals surface area contributed by atoms with Gasteiger partial charge < -0.3 is 20.3 Å². The molecule has 0 spiro atoms. The lowest BCUT2D eigenvalue weighted by Gasteiger charge is -2.34. The van der Waals surface area contributed by atoms with Crippen molar-refractivity contribution in [2.24, 2.45) is 0 Å². The minimum absolute atomic E-state index is 0.0131. The lowest BCUT2D eigenvalue weighted by Crippen LogP contribution is -2.50. The summed E-state index contributed by atoms with van der Waals surface area (Å²) in [7, 11) is 0. The Morgan fingerprint density at radius 3 is 2.53 bits per heavy atom. The minimum atomic E-state index is -0.694. The second-order valence-corrected chi connectivity index (χ2v) is 7.53. The van der Waals surface area contributed by atoms with Crippen LogP contribution in [0.5, 0.6) is 11.8 Å². The summed E-state index contributed by atoms with van der Waals surface area (Å²) in [6.45, 7) is 6.63. The van der Waals surface area contributed by atoms with E-state index in [9.17, 15) is 14.0 Å². The lowest BCUT2D eigenvalue weighted by molar-refractivity contribution is -0.127. The van der Waals surface area contributed by atoms with E-state index in [1.165, 1.54) is 30.7 Å². The smallest absolute Gasteiger partial charge is 0.322 e. The van der Waals surface area contributed by atoms with Gasteiger partial charge in [-0.05, 0) is 36.8 Å². The topological polar surface area (TPSA) is 127 Å². The lowest BCUT2D eigenvalue weighted by atomic mass is 10.0. The van der Waals surface area contributed by atoms with Crippen molar-refractivity contribution in [3.05, 3.63) is 66.6 Å². The number of nitrogens with two attached hydrogens (primary N) is 1. The van der Waals surface area contributed by atoms with Gasteiger partial charge in [-0.15, -0.1) is 0 Å². The third-order valence-electron chi connectivity index (χ3n) is 5.33. The molecule has 1 aromatic carbocycles. The van der Waals surface area contributed by atoms with Crippen LogP contribution in [0.3, 0.4) is 0 Å². The predicted octanol–water partition coefficient (Wildman–Crippen LogP) is 2.23. The summed E-state index contributed by atoms with van der Waals surface area (Å²) < 4.78 is 20.3. The summed E-state index contributed by atoms with van der Waals surface area (Å²) in [4.78, 5) is 44.4. The molecule has 2 N–H and O–H groups in total. The van der Waals surface area contributed by atoms with Crippen LogP contribution in [0.4, 0.5) is 10.2 Å². The van der Waals surface area contributed by atoms with Crippen LogP contribution < -0.4 is 10.5 Å². The monoisotopic (exact) mass is 463 g/mol. The van der Waals surface area contributed by atoms with Crippen LogP contribution in [0, 0.1) is 12.7 Å². The summed E-state index contributed by atoms with van der Waals surface area (Å²) in [6, 6.07) is 5.86. The molecule has 3 heterocycles. The summed E-state index contributed by atoms with van der Waals surface area (Å²) in [6.07, 6.45) is 3.94. The van der Waals surface area contributed by atoms with Crippen molar-refractivity contribution in [1.29, 1.82) is 0 Å². The number of amides is 2. The Kier molecular flexibility index (Phi) is 6.44. The number of aromatic nitrogens is 4. The quantitative estimate of drug-likeness (QED) is 0.571. The van der Waals surface area contributed by atoms with Gasteiger partial charge in [0.15, 0.2) is 11.6 Å². The number of anilines is 1. The Hall–Kier alpha value is -4.41. The summed E-state index contributed by atoms with van der Waals surface area (Å²) >= 11 is 0. The average Bonchev–Trinajstić information content (AvgIpc) is 2.84. The van der Waals surface area contributed by atoms with Crippen molar-refractivity contribution in [1.82, 2.24) is 29.7 Å². The number of carbonyl (C=O) groups is 2. The molecule has 0 unspecified atom stereocenters. The molecule has 0 radical (unpaired) electrons. The van der Waals surface area contributed by atoms with Gasteiger partial charge >= 0.3 is 6.01 Å². The van der Waals surface area contributed by atoms with Gasteiger partial charge in [0.25, 0.3) is 5.91 Å². The zero-order valence-corrected chi connectivity index (χ0v) is 18.4. The first-order chi connectivity index (χ1) is 16.4. The van der Waals surface area contributed by atoms with Crippen molar-refractivity contribution in [2.45, 2.75) is 6.92 Å². The van der Waals surface area contributed by atoms with E-state index in [2.05, 4.69) is 26.5 Å². The van der Waals surface area contributed by atoms with E-state index in [0.717, 1.165) is 0 Å². The Morgan fingerprint density at radius 1 is 1.12 bits per heavy atom. The van der Waals surface area contributed by atoms with Crippen molar-refractivity contribution >= 4 is 17.6 Å². The number of aryl methyl sites for hydroxylation is 1. The number of rotatable bonds is 5. The highest BCUT2D eigenvalue weighted by Crippen LogP contribution is 2.32. The van der Waals surface area contributed by atoms with Crippen LogP contribution in [0.2, 0.25) is 0 Å². The number of piperazine rings is 1. The van der Waals surface area contributed by atoms with Gasteiger partial charge in [-0.25, -0.2) is 24.3 Å². The molecule has 2 amide bonds. The van der Waals surface area contributed by atoms with E-state index in [1.54, 1.807) is 28.9 Å². The molecule has 0 atom stereocenters. The molecule has 4 rings (SSSR count). The number of hydrogen-bond donors (Lipinski definition) is 1. The maximum atomic E-state index is 14.9. The van der Waals surface area contributed by atoms with Crippen molar-refractivity contribution in [3.63, 3.8) is 0 Å². The van der Waals surface area contributed by atoms with Gasteiger partial charge in [-0.1, -0.05) is 12.6 Å². The molecule has 0 saturated carbocycles. The largest absolute Gasteiger partial charge is 0.421 e. The maximum Gasteiger partial charge on any atom is 0.322 e. The van der Waals surface area contributed by atoms with E-state index in [1.807, 2.05) is 0 Å². The second-order valence-electron chi connectivity index (χ2n) is 7.53. The fraction of sp³-hybridized carbons (Fsp3) is 0.217. The molecule has 1 saturated heterocycles. The van der Waals surface area contributed by atoms with E-state index in [0.29, 0.717) is 37.4 Å². The third kappa shape index (κ3) is 4.68. The average molecular weight is 463 g/mol. The van der Waals surface area contributed by atoms with Crippen molar-refractivity contribution in [2.75, 3.05) is 31.9 Å². The molecule has 1 aliphatic rings. The molecule has 34 heavy (non-hydrogen) atoms. The number of benzene rings is 1. The Morgan fingerprint density at radius 2 is 1.85 bits per heavy atom. The summed E-state index contributed by atoms with van der Waals surface area (Å²) in [5, 5.41) is 0. The molecular formula is C23H22FN7O3. The molecule has 11 heteroatoms. The van der Waals surface area contributed by atoms with Gasteiger partial charge in [-0.3, -0.25) is 9.59 Å². The van der Waals surface area contributed by atoms with Crippen LogP contribution in [-0.2, 0) is 4.79 Å². The van der Waals surface area contributed by atoms with E-state index < -0.39 is 5.82 Å². The van der Waals surface area contributed by atoms with Crippen molar-refractivity contribution < 1.29 is 18.7 Å². The maximum absolute atomic E-state index is 14.9. The SMILES string of the molecule is C=CC(=O)N1CCN(C(=O)c2ncnc(N)c2-c2ccc(Oc3nccc(C)n3)c(F)c2)CC1. The first-order valence-electron chi connectivity index (χ1n) is 10.5. The van der Waals surface area contributed by atoms with Gasteiger partial charge in [-0.2, -0.15) is 0 Å². The molecular weight excluding hydrogens is 441 g/mol. The zero-order valence-electron chi connectivity index (χ0n) is 18.4. The van der Waals surface area contributed by atoms with Crippen LogP contribution in [0.25, 0.3) is 11.1 Å². The normalized spacial score (nSPS) is 13.5. The molecule has 2 aromatic heterocycles. The minimum Gasteiger partial charge on any atom is -0.421 e. The predicted molar refractivity (Wildman–Crippen MR) is 121 cm³/mol. The number of nitrogen functional groups attached to an aromatic ring is 1. The van der Waals surface area contributed by atoms with Gasteiger partial charge in [0.2, 0.25) is 5.91 Å². The van der Waals surface area contributed by atoms with Crippen LogP contribution in [-0.4, -0.2) is 67.7 Å². The van der Waals surface area contributed by atoms with E-state index in [4.69, 9.17) is 10.5 Å². The van der Waals surface area contributed by atoms with Crippen LogP contribution >= 0.6 is 0 Å². The molecule has 0 aliphatic carbocycles. The third-order valence-corrected chi connectivity index (χ3v) is 5.33. The fourth-order valence-electron chi connectivity index (χ4n) is 3.57. The molecule has 1 aliphatic heterocycles. The molecule has 10 nitrogen and oxygen atoms in total. The number of nitrogens with zero attached hydrogens (tertiary/aromatic N) is 6. The van der Waals surface area contributed by atoms with E-state index in [-0.39, 0.29) is 40.6 Å². The summed E-state index contributed by atoms with van der Waals surface area (Å²) in [5.41, 5.74) is 7.33. The van der Waals surface area contributed by atoms with Gasteiger partial charge in [0, 0.05) is 38.1 Å². The van der Waals surface area contributed by atoms with E-state index >= 15 is 0 Å². The number of carbonyl (C=O) groups excluding carboxylic acids is 2. The zero-order chi connectivity index (χ0) is 24.2. The van der Waals surface area contributed by atoms with Gasteiger partial charge in [0.05, 0.1) is 5.56 Å².